The van der Waals surface area contributed by atoms with Crippen molar-refractivity contribution in [3.05, 3.63) is 5.82 Å². The minimum Gasteiger partial charge on any atom is -0.324 e. The number of carbonyl (C=O) groups excluding carboxylic acids is 2. The van der Waals surface area contributed by atoms with Crippen LogP contribution in [0.15, 0.2) is 5.16 Å². The lowest BCUT2D eigenvalue weighted by Crippen LogP contribution is -2.33. The molecule has 1 aromatic rings. The molecule has 0 unspecified atom stereocenters. The Morgan fingerprint density at radius 3 is 2.84 bits per heavy atom. The molecule has 8 heteroatoms. The van der Waals surface area contributed by atoms with Crippen molar-refractivity contribution in [3.63, 3.8) is 0 Å². The molecular formula is C11H17N5O2S. The van der Waals surface area contributed by atoms with Crippen molar-refractivity contribution in [1.29, 1.82) is 0 Å². The zero-order valence-electron chi connectivity index (χ0n) is 10.8. The Hall–Kier alpha value is -1.41. The lowest BCUT2D eigenvalue weighted by molar-refractivity contribution is -0.140. The molecule has 0 bridgehead atoms. The van der Waals surface area contributed by atoms with Gasteiger partial charge in [0.2, 0.25) is 11.8 Å². The largest absolute Gasteiger partial charge is 0.324 e. The van der Waals surface area contributed by atoms with Crippen molar-refractivity contribution < 1.29 is 9.59 Å². The summed E-state index contributed by atoms with van der Waals surface area (Å²) in [6.07, 6.45) is 1.23. The lowest BCUT2D eigenvalue weighted by Gasteiger charge is -2.12. The first kappa shape index (κ1) is 14.0. The summed E-state index contributed by atoms with van der Waals surface area (Å²) in [7, 11) is 0. The fourth-order valence-corrected chi connectivity index (χ4v) is 2.91. The van der Waals surface area contributed by atoms with E-state index in [4.69, 9.17) is 5.73 Å². The first-order valence-electron chi connectivity index (χ1n) is 6.25. The molecule has 1 aliphatic heterocycles. The molecule has 7 nitrogen and oxygen atoms in total. The highest BCUT2D eigenvalue weighted by molar-refractivity contribution is 7.99. The van der Waals surface area contributed by atoms with Crippen LogP contribution in [0.1, 0.15) is 25.6 Å². The van der Waals surface area contributed by atoms with Crippen LogP contribution in [0.3, 0.4) is 0 Å². The molecule has 1 aromatic heterocycles. The summed E-state index contributed by atoms with van der Waals surface area (Å²) in [5.41, 5.74) is 5.56. The third-order valence-corrected chi connectivity index (χ3v) is 3.94. The molecule has 1 fully saturated rings. The first-order chi connectivity index (χ1) is 9.17. The smallest absolute Gasteiger partial charge is 0.239 e. The van der Waals surface area contributed by atoms with Crippen LogP contribution in [0.25, 0.3) is 0 Å². The monoisotopic (exact) mass is 283 g/mol. The normalized spacial score (nSPS) is 15.3. The van der Waals surface area contributed by atoms with Gasteiger partial charge < -0.3 is 10.3 Å². The van der Waals surface area contributed by atoms with E-state index in [2.05, 4.69) is 10.2 Å². The molecular weight excluding hydrogens is 266 g/mol. The van der Waals surface area contributed by atoms with Crippen LogP contribution in [-0.4, -0.2) is 43.8 Å². The number of hydrogen-bond acceptors (Lipinski definition) is 6. The van der Waals surface area contributed by atoms with Crippen molar-refractivity contribution >= 4 is 23.6 Å². The Morgan fingerprint density at radius 1 is 1.47 bits per heavy atom. The van der Waals surface area contributed by atoms with E-state index in [1.165, 1.54) is 16.7 Å². The van der Waals surface area contributed by atoms with Gasteiger partial charge in [-0.3, -0.25) is 14.5 Å². The van der Waals surface area contributed by atoms with Gasteiger partial charge in [0, 0.05) is 19.5 Å². The number of thioether (sulfide) groups is 1. The number of nitrogens with two attached hydrogens (primary N) is 1. The van der Waals surface area contributed by atoms with Gasteiger partial charge >= 0.3 is 0 Å². The van der Waals surface area contributed by atoms with Crippen LogP contribution in [0.2, 0.25) is 0 Å². The molecule has 2 heterocycles. The van der Waals surface area contributed by atoms with Crippen molar-refractivity contribution in [2.45, 2.75) is 38.0 Å². The number of imide groups is 1. The van der Waals surface area contributed by atoms with Gasteiger partial charge in [0.1, 0.15) is 5.82 Å². The second-order valence-corrected chi connectivity index (χ2v) is 5.12. The van der Waals surface area contributed by atoms with Gasteiger partial charge in [0.05, 0.1) is 12.3 Å². The highest BCUT2D eigenvalue weighted by atomic mass is 32.2. The van der Waals surface area contributed by atoms with E-state index in [-0.39, 0.29) is 17.6 Å². The van der Waals surface area contributed by atoms with E-state index in [9.17, 15) is 9.59 Å². The number of rotatable bonds is 5. The maximum Gasteiger partial charge on any atom is 0.239 e. The van der Waals surface area contributed by atoms with E-state index < -0.39 is 0 Å². The molecule has 0 aliphatic carbocycles. The number of likely N-dealkylation sites (tertiary alicyclic amines) is 1. The summed E-state index contributed by atoms with van der Waals surface area (Å²) in [4.78, 5) is 24.7. The quantitative estimate of drug-likeness (QED) is 0.764. The van der Waals surface area contributed by atoms with E-state index >= 15 is 0 Å². The molecule has 0 spiro atoms. The number of amides is 2. The van der Waals surface area contributed by atoms with Crippen LogP contribution < -0.4 is 5.73 Å². The molecule has 0 atom stereocenters. The third-order valence-electron chi connectivity index (χ3n) is 2.99. The SMILES string of the molecule is CCn1c(CN)nnc1SCC(=O)N1CCCC1=O. The van der Waals surface area contributed by atoms with Gasteiger partial charge in [-0.05, 0) is 13.3 Å². The molecule has 0 radical (unpaired) electrons. The van der Waals surface area contributed by atoms with Gasteiger partial charge in [0.15, 0.2) is 5.16 Å². The summed E-state index contributed by atoms with van der Waals surface area (Å²) in [5.74, 6) is 0.668. The summed E-state index contributed by atoms with van der Waals surface area (Å²) in [5, 5.41) is 8.66. The predicted molar refractivity (Wildman–Crippen MR) is 70.3 cm³/mol. The van der Waals surface area contributed by atoms with Crippen LogP contribution in [-0.2, 0) is 22.7 Å². The number of hydrogen-bond donors (Lipinski definition) is 1. The Bertz CT molecular complexity index is 487. The van der Waals surface area contributed by atoms with Gasteiger partial charge in [-0.15, -0.1) is 10.2 Å². The molecule has 0 aromatic carbocycles. The number of carbonyl (C=O) groups is 2. The molecule has 2 amide bonds. The van der Waals surface area contributed by atoms with Gasteiger partial charge in [-0.2, -0.15) is 0 Å². The van der Waals surface area contributed by atoms with Crippen LogP contribution >= 0.6 is 11.8 Å². The van der Waals surface area contributed by atoms with Gasteiger partial charge in [0.25, 0.3) is 0 Å². The van der Waals surface area contributed by atoms with Crippen molar-refractivity contribution in [2.75, 3.05) is 12.3 Å². The molecule has 2 rings (SSSR count). The Kier molecular flexibility index (Phi) is 4.54. The van der Waals surface area contributed by atoms with Crippen LogP contribution in [0.4, 0.5) is 0 Å². The summed E-state index contributed by atoms with van der Waals surface area (Å²) < 4.78 is 1.88. The highest BCUT2D eigenvalue weighted by Crippen LogP contribution is 2.19. The maximum absolute atomic E-state index is 11.9. The van der Waals surface area contributed by atoms with E-state index in [0.29, 0.717) is 37.0 Å². The second kappa shape index (κ2) is 6.16. The van der Waals surface area contributed by atoms with E-state index in [1.54, 1.807) is 0 Å². The molecule has 1 aliphatic rings. The fourth-order valence-electron chi connectivity index (χ4n) is 2.01. The molecule has 104 valence electrons. The minimum absolute atomic E-state index is 0.0785. The molecule has 19 heavy (non-hydrogen) atoms. The van der Waals surface area contributed by atoms with Gasteiger partial charge in [-0.1, -0.05) is 11.8 Å². The summed E-state index contributed by atoms with van der Waals surface area (Å²) >= 11 is 1.30. The number of aromatic nitrogens is 3. The van der Waals surface area contributed by atoms with E-state index in [0.717, 1.165) is 6.42 Å². The van der Waals surface area contributed by atoms with Crippen molar-refractivity contribution in [3.8, 4) is 0 Å². The minimum atomic E-state index is -0.160. The Balaban J connectivity index is 1.97. The van der Waals surface area contributed by atoms with E-state index in [1.807, 2.05) is 11.5 Å². The standard InChI is InChI=1S/C11H17N5O2S/c1-2-15-8(6-12)13-14-11(15)19-7-10(18)16-5-3-4-9(16)17/h2-7,12H2,1H3. The lowest BCUT2D eigenvalue weighted by atomic mass is 10.4. The zero-order chi connectivity index (χ0) is 13.8. The zero-order valence-corrected chi connectivity index (χ0v) is 11.7. The fraction of sp³-hybridized carbons (Fsp3) is 0.636. The van der Waals surface area contributed by atoms with Crippen molar-refractivity contribution in [1.82, 2.24) is 19.7 Å². The highest BCUT2D eigenvalue weighted by Gasteiger charge is 2.26. The van der Waals surface area contributed by atoms with Crippen LogP contribution in [0.5, 0.6) is 0 Å². The molecule has 1 saturated heterocycles. The Morgan fingerprint density at radius 2 is 2.26 bits per heavy atom. The first-order valence-corrected chi connectivity index (χ1v) is 7.24. The van der Waals surface area contributed by atoms with Gasteiger partial charge in [-0.25, -0.2) is 0 Å². The Labute approximate surface area is 115 Å². The van der Waals surface area contributed by atoms with Crippen molar-refractivity contribution in [2.24, 2.45) is 5.73 Å². The topological polar surface area (TPSA) is 94.1 Å². The average molecular weight is 283 g/mol. The third kappa shape index (κ3) is 2.95. The average Bonchev–Trinajstić information content (AvgIpc) is 3.01. The second-order valence-electron chi connectivity index (χ2n) is 4.18. The molecule has 2 N–H and O–H groups in total. The number of nitrogens with zero attached hydrogens (tertiary/aromatic N) is 4. The predicted octanol–water partition coefficient (Wildman–Crippen LogP) is -0.00220. The summed E-state index contributed by atoms with van der Waals surface area (Å²) in [6.45, 7) is 3.53. The maximum atomic E-state index is 11.9. The molecule has 0 saturated carbocycles. The van der Waals surface area contributed by atoms with Crippen LogP contribution in [0, 0.1) is 0 Å². The summed E-state index contributed by atoms with van der Waals surface area (Å²) in [6, 6.07) is 0.